The van der Waals surface area contributed by atoms with E-state index in [2.05, 4.69) is 5.32 Å². The highest BCUT2D eigenvalue weighted by Gasteiger charge is 2.54. The van der Waals surface area contributed by atoms with Crippen molar-refractivity contribution in [3.8, 4) is 40.2 Å². The molecule has 2 bridgehead atoms. The standard InChI is InChI=1S/C38H45N3O11S/c1-17-10-21-11-23(40(4)5)37(45)41-24-14-49-38(46)22-13-26(47-6)25(43)12-20(22)8-9-39-15-53-36(30(41)27(21)31(44)32(17)48-7)29-28(24)35-34(50-16-51-35)18(2)33(29)52-19(3)42/h10,12-13,23-24,30,36-37,39,43-45H,8-9,11,14-16H2,1-7H3/t23-,24+,30-,36-,37+/m1/s1. The first kappa shape index (κ1) is 36.9. The summed E-state index contributed by atoms with van der Waals surface area (Å²) in [6.45, 7) is 5.04. The maximum atomic E-state index is 14.1. The Morgan fingerprint density at radius 2 is 1.75 bits per heavy atom. The van der Waals surface area contributed by atoms with Crippen LogP contribution in [0.25, 0.3) is 0 Å². The van der Waals surface area contributed by atoms with Crippen LogP contribution in [0.1, 0.15) is 73.6 Å². The van der Waals surface area contributed by atoms with Gasteiger partial charge in [-0.25, -0.2) is 4.79 Å². The summed E-state index contributed by atoms with van der Waals surface area (Å²) in [6.07, 6.45) is -0.407. The number of aryl methyl sites for hydroxylation is 1. The van der Waals surface area contributed by atoms with Gasteiger partial charge in [0.1, 0.15) is 18.6 Å². The number of methoxy groups -OCH3 is 2. The highest BCUT2D eigenvalue weighted by molar-refractivity contribution is 7.99. The van der Waals surface area contributed by atoms with Crippen molar-refractivity contribution >= 4 is 23.7 Å². The highest BCUT2D eigenvalue weighted by atomic mass is 32.2. The maximum absolute atomic E-state index is 14.1. The SMILES string of the molecule is COc1cc2c(cc1O)CCNCS[C@@H]1c3c(OC(C)=O)c(C)c4c(c3[C@H](COC2=O)N2[C@@H]1c1c(cc(C)c(OC)c1O)C[C@@H](N(C)C)[C@@H]2O)OCO4. The number of ether oxygens (including phenoxy) is 6. The number of rotatable bonds is 4. The number of hydrogen-bond donors (Lipinski definition) is 4. The van der Waals surface area contributed by atoms with Crippen LogP contribution in [0, 0.1) is 13.8 Å². The van der Waals surface area contributed by atoms with E-state index in [9.17, 15) is 24.9 Å². The van der Waals surface area contributed by atoms with Gasteiger partial charge in [-0.15, -0.1) is 11.8 Å². The molecule has 0 amide bonds. The fourth-order valence-corrected chi connectivity index (χ4v) is 9.60. The third-order valence-electron chi connectivity index (χ3n) is 10.6. The monoisotopic (exact) mass is 751 g/mol. The zero-order valence-corrected chi connectivity index (χ0v) is 31.6. The summed E-state index contributed by atoms with van der Waals surface area (Å²) >= 11 is 1.52. The molecule has 3 aromatic rings. The van der Waals surface area contributed by atoms with Crippen molar-refractivity contribution in [3.63, 3.8) is 0 Å². The second-order valence-corrected chi connectivity index (χ2v) is 15.0. The summed E-state index contributed by atoms with van der Waals surface area (Å²) in [5.74, 6) is 0.502. The summed E-state index contributed by atoms with van der Waals surface area (Å²) in [7, 11) is 6.68. The number of phenols is 2. The Labute approximate surface area is 311 Å². The van der Waals surface area contributed by atoms with E-state index in [4.69, 9.17) is 28.4 Å². The zero-order chi connectivity index (χ0) is 37.9. The Morgan fingerprint density at radius 3 is 2.45 bits per heavy atom. The van der Waals surface area contributed by atoms with Gasteiger partial charge in [-0.1, -0.05) is 6.07 Å². The van der Waals surface area contributed by atoms with Crippen molar-refractivity contribution in [3.05, 3.63) is 62.7 Å². The van der Waals surface area contributed by atoms with E-state index in [0.717, 1.165) is 11.1 Å². The van der Waals surface area contributed by atoms with Gasteiger partial charge in [0.15, 0.2) is 34.5 Å². The Hall–Kier alpha value is -4.41. The maximum Gasteiger partial charge on any atom is 0.338 e. The predicted octanol–water partition coefficient (Wildman–Crippen LogP) is 4.02. The molecule has 0 saturated heterocycles. The first-order valence-electron chi connectivity index (χ1n) is 17.4. The number of likely N-dealkylation sites (N-methyl/N-ethyl adjacent to an activating group) is 1. The minimum Gasteiger partial charge on any atom is -0.504 e. The normalized spacial score (nSPS) is 23.9. The van der Waals surface area contributed by atoms with Gasteiger partial charge in [0, 0.05) is 35.1 Å². The molecule has 3 aromatic carbocycles. The number of carbonyl (C=O) groups is 2. The molecule has 0 radical (unpaired) electrons. The van der Waals surface area contributed by atoms with Crippen LogP contribution in [0.3, 0.4) is 0 Å². The fraction of sp³-hybridized carbons (Fsp3) is 0.474. The molecule has 8 rings (SSSR count). The summed E-state index contributed by atoms with van der Waals surface area (Å²) < 4.78 is 35.5. The fourth-order valence-electron chi connectivity index (χ4n) is 8.30. The number of fused-ring (bicyclic) bond motifs is 8. The molecule has 14 nitrogen and oxygen atoms in total. The largest absolute Gasteiger partial charge is 0.504 e. The summed E-state index contributed by atoms with van der Waals surface area (Å²) in [5.41, 5.74) is 4.60. The lowest BCUT2D eigenvalue weighted by molar-refractivity contribution is -0.132. The molecular formula is C38H45N3O11S. The molecule has 4 N–H and O–H groups in total. The smallest absolute Gasteiger partial charge is 0.338 e. The summed E-state index contributed by atoms with van der Waals surface area (Å²) in [6, 6.07) is 2.81. The number of carbonyl (C=O) groups excluding carboxylic acids is 2. The molecule has 5 atom stereocenters. The first-order valence-corrected chi connectivity index (χ1v) is 18.5. The van der Waals surface area contributed by atoms with E-state index >= 15 is 0 Å². The third-order valence-corrected chi connectivity index (χ3v) is 11.9. The number of aliphatic hydroxyl groups is 1. The lowest BCUT2D eigenvalue weighted by atomic mass is 9.81. The van der Waals surface area contributed by atoms with Crippen molar-refractivity contribution in [2.24, 2.45) is 0 Å². The molecule has 0 saturated carbocycles. The number of aliphatic hydroxyl groups excluding tert-OH is 1. The Bertz CT molecular complexity index is 1970. The number of aromatic hydroxyl groups is 2. The van der Waals surface area contributed by atoms with Gasteiger partial charge in [0.2, 0.25) is 6.79 Å². The number of nitrogens with one attached hydrogen (secondary N) is 1. The summed E-state index contributed by atoms with van der Waals surface area (Å²) in [4.78, 5) is 30.8. The van der Waals surface area contributed by atoms with Crippen molar-refractivity contribution in [1.82, 2.24) is 15.1 Å². The molecular weight excluding hydrogens is 706 g/mol. The van der Waals surface area contributed by atoms with Crippen LogP contribution in [0.5, 0.6) is 40.2 Å². The third kappa shape index (κ3) is 6.17. The quantitative estimate of drug-likeness (QED) is 0.223. The first-order chi connectivity index (χ1) is 25.4. The Morgan fingerprint density at radius 1 is 1.00 bits per heavy atom. The topological polar surface area (TPSA) is 169 Å². The highest BCUT2D eigenvalue weighted by Crippen LogP contribution is 2.64. The number of phenolic OH excluding ortho intramolecular Hbond substituents is 2. The van der Waals surface area contributed by atoms with Gasteiger partial charge < -0.3 is 54.0 Å². The lowest BCUT2D eigenvalue weighted by Crippen LogP contribution is -2.54. The van der Waals surface area contributed by atoms with E-state index in [-0.39, 0.29) is 42.0 Å². The van der Waals surface area contributed by atoms with Gasteiger partial charge in [-0.05, 0) is 76.2 Å². The van der Waals surface area contributed by atoms with E-state index < -0.39 is 41.5 Å². The summed E-state index contributed by atoms with van der Waals surface area (Å²) in [5, 5.41) is 38.3. The van der Waals surface area contributed by atoms with Gasteiger partial charge in [-0.3, -0.25) is 9.69 Å². The van der Waals surface area contributed by atoms with E-state index in [0.29, 0.717) is 70.3 Å². The number of hydrogen-bond acceptors (Lipinski definition) is 15. The van der Waals surface area contributed by atoms with Gasteiger partial charge in [-0.2, -0.15) is 0 Å². The molecule has 0 fully saturated rings. The van der Waals surface area contributed by atoms with Crippen LogP contribution in [0.4, 0.5) is 0 Å². The number of esters is 2. The van der Waals surface area contributed by atoms with Gasteiger partial charge in [0.25, 0.3) is 0 Å². The van der Waals surface area contributed by atoms with Gasteiger partial charge in [0.05, 0.1) is 43.2 Å². The molecule has 0 unspecified atom stereocenters. The number of nitrogens with zero attached hydrogens (tertiary/aromatic N) is 2. The van der Waals surface area contributed by atoms with Gasteiger partial charge >= 0.3 is 11.9 Å². The molecule has 0 aromatic heterocycles. The average molecular weight is 752 g/mol. The number of benzene rings is 3. The number of thioether (sulfide) groups is 1. The minimum absolute atomic E-state index is 0.0599. The minimum atomic E-state index is -1.17. The zero-order valence-electron chi connectivity index (χ0n) is 30.8. The predicted molar refractivity (Wildman–Crippen MR) is 194 cm³/mol. The van der Waals surface area contributed by atoms with E-state index in [1.54, 1.807) is 6.92 Å². The van der Waals surface area contributed by atoms with Crippen LogP contribution in [-0.4, -0.2) is 103 Å². The molecule has 53 heavy (non-hydrogen) atoms. The van der Waals surface area contributed by atoms with Crippen molar-refractivity contribution < 1.29 is 53.3 Å². The lowest BCUT2D eigenvalue weighted by Gasteiger charge is -2.50. The molecule has 0 spiro atoms. The van der Waals surface area contributed by atoms with Crippen LogP contribution < -0.4 is 29.0 Å². The van der Waals surface area contributed by atoms with E-state index in [1.165, 1.54) is 45.0 Å². The van der Waals surface area contributed by atoms with Crippen LogP contribution in [-0.2, 0) is 22.4 Å². The van der Waals surface area contributed by atoms with Crippen LogP contribution >= 0.6 is 11.8 Å². The molecule has 15 heteroatoms. The average Bonchev–Trinajstić information content (AvgIpc) is 3.56. The molecule has 5 heterocycles. The van der Waals surface area contributed by atoms with Crippen molar-refractivity contribution in [2.45, 2.75) is 63.2 Å². The Balaban J connectivity index is 1.54. The molecule has 284 valence electrons. The second kappa shape index (κ2) is 14.4. The molecule has 5 aliphatic heterocycles. The Kier molecular flexibility index (Phi) is 10.1. The van der Waals surface area contributed by atoms with E-state index in [1.807, 2.05) is 36.9 Å². The second-order valence-electron chi connectivity index (χ2n) is 13.9. The van der Waals surface area contributed by atoms with Crippen LogP contribution in [0.15, 0.2) is 18.2 Å². The van der Waals surface area contributed by atoms with Crippen molar-refractivity contribution in [2.75, 3.05) is 54.1 Å². The van der Waals surface area contributed by atoms with Crippen LogP contribution in [0.2, 0.25) is 0 Å². The van der Waals surface area contributed by atoms with Crippen molar-refractivity contribution in [1.29, 1.82) is 0 Å². The molecule has 0 aliphatic carbocycles. The molecule has 5 aliphatic rings.